The number of ether oxygens (including phenoxy) is 2. The van der Waals surface area contributed by atoms with Crippen LogP contribution in [0, 0.1) is 5.92 Å². The summed E-state index contributed by atoms with van der Waals surface area (Å²) in [7, 11) is 1.59. The highest BCUT2D eigenvalue weighted by molar-refractivity contribution is 5.93. The van der Waals surface area contributed by atoms with Crippen molar-refractivity contribution in [3.63, 3.8) is 0 Å². The molecule has 2 amide bonds. The van der Waals surface area contributed by atoms with Crippen molar-refractivity contribution in [2.75, 3.05) is 25.5 Å². The van der Waals surface area contributed by atoms with Gasteiger partial charge in [0.15, 0.2) is 0 Å². The molecule has 1 aliphatic rings. The van der Waals surface area contributed by atoms with E-state index in [-0.39, 0.29) is 17.9 Å². The summed E-state index contributed by atoms with van der Waals surface area (Å²) in [5, 5.41) is 2.87. The number of nitrogens with zero attached hydrogens (tertiary/aromatic N) is 1. The Labute approximate surface area is 136 Å². The van der Waals surface area contributed by atoms with E-state index < -0.39 is 5.60 Å². The lowest BCUT2D eigenvalue weighted by molar-refractivity contribution is -0.119. The summed E-state index contributed by atoms with van der Waals surface area (Å²) in [6, 6.07) is 7.16. The highest BCUT2D eigenvalue weighted by atomic mass is 16.6. The summed E-state index contributed by atoms with van der Waals surface area (Å²) in [5.74, 6) is 0.436. The maximum absolute atomic E-state index is 12.3. The average molecular weight is 320 g/mol. The molecule has 0 bridgehead atoms. The van der Waals surface area contributed by atoms with Crippen LogP contribution in [0.15, 0.2) is 24.3 Å². The van der Waals surface area contributed by atoms with Gasteiger partial charge in [-0.25, -0.2) is 4.79 Å². The Hall–Kier alpha value is -2.24. The SMILES string of the molecule is COc1ccc(NC(=O)C2CCN(C(=O)OC(C)(C)C)C2)cc1. The summed E-state index contributed by atoms with van der Waals surface area (Å²) in [6.07, 6.45) is 0.276. The van der Waals surface area contributed by atoms with Gasteiger partial charge in [0.2, 0.25) is 5.91 Å². The fourth-order valence-corrected chi connectivity index (χ4v) is 2.39. The normalized spacial score (nSPS) is 17.7. The molecule has 1 saturated heterocycles. The third-order valence-corrected chi connectivity index (χ3v) is 3.57. The first-order chi connectivity index (χ1) is 10.8. The van der Waals surface area contributed by atoms with Gasteiger partial charge in [-0.15, -0.1) is 0 Å². The molecule has 6 heteroatoms. The standard InChI is InChI=1S/C17H24N2O4/c1-17(2,3)23-16(21)19-10-9-12(11-19)15(20)18-13-5-7-14(22-4)8-6-13/h5-8,12H,9-11H2,1-4H3,(H,18,20). The lowest BCUT2D eigenvalue weighted by Gasteiger charge is -2.24. The van der Waals surface area contributed by atoms with Crippen LogP contribution in [0.1, 0.15) is 27.2 Å². The summed E-state index contributed by atoms with van der Waals surface area (Å²) >= 11 is 0. The van der Waals surface area contributed by atoms with Gasteiger partial charge in [-0.1, -0.05) is 0 Å². The van der Waals surface area contributed by atoms with E-state index in [9.17, 15) is 9.59 Å². The van der Waals surface area contributed by atoms with Crippen LogP contribution in [-0.2, 0) is 9.53 Å². The van der Waals surface area contributed by atoms with Crippen molar-refractivity contribution in [1.29, 1.82) is 0 Å². The van der Waals surface area contributed by atoms with Gasteiger partial charge in [0, 0.05) is 18.8 Å². The largest absolute Gasteiger partial charge is 0.497 e. The van der Waals surface area contributed by atoms with E-state index in [0.29, 0.717) is 25.2 Å². The van der Waals surface area contributed by atoms with E-state index in [1.165, 1.54) is 0 Å². The molecule has 1 heterocycles. The van der Waals surface area contributed by atoms with Gasteiger partial charge in [0.05, 0.1) is 13.0 Å². The minimum Gasteiger partial charge on any atom is -0.497 e. The summed E-state index contributed by atoms with van der Waals surface area (Å²) in [4.78, 5) is 25.9. The predicted molar refractivity (Wildman–Crippen MR) is 87.5 cm³/mol. The van der Waals surface area contributed by atoms with Crippen molar-refractivity contribution in [1.82, 2.24) is 4.90 Å². The average Bonchev–Trinajstić information content (AvgIpc) is 2.96. The molecule has 0 radical (unpaired) electrons. The van der Waals surface area contributed by atoms with Crippen molar-refractivity contribution in [2.24, 2.45) is 5.92 Å². The number of nitrogens with one attached hydrogen (secondary N) is 1. The molecule has 1 atom stereocenters. The van der Waals surface area contributed by atoms with Crippen LogP contribution in [-0.4, -0.2) is 42.7 Å². The Kier molecular flexibility index (Phi) is 5.13. The smallest absolute Gasteiger partial charge is 0.410 e. The zero-order chi connectivity index (χ0) is 17.0. The van der Waals surface area contributed by atoms with E-state index in [4.69, 9.17) is 9.47 Å². The molecule has 6 nitrogen and oxygen atoms in total. The Morgan fingerprint density at radius 1 is 1.22 bits per heavy atom. The van der Waals surface area contributed by atoms with Crippen LogP contribution in [0.25, 0.3) is 0 Å². The van der Waals surface area contributed by atoms with Crippen LogP contribution in [0.4, 0.5) is 10.5 Å². The number of benzene rings is 1. The minimum absolute atomic E-state index is 0.0822. The molecule has 0 aromatic heterocycles. The number of rotatable bonds is 3. The Morgan fingerprint density at radius 3 is 2.43 bits per heavy atom. The van der Waals surface area contributed by atoms with Gasteiger partial charge in [-0.3, -0.25) is 4.79 Å². The van der Waals surface area contributed by atoms with Crippen molar-refractivity contribution < 1.29 is 19.1 Å². The first kappa shape index (κ1) is 17.1. The quantitative estimate of drug-likeness (QED) is 0.930. The Bertz CT molecular complexity index is 563. The second-order valence-electron chi connectivity index (χ2n) is 6.63. The molecule has 1 aromatic carbocycles. The first-order valence-electron chi connectivity index (χ1n) is 7.71. The molecule has 1 N–H and O–H groups in total. The fourth-order valence-electron chi connectivity index (χ4n) is 2.39. The third-order valence-electron chi connectivity index (χ3n) is 3.57. The Balaban J connectivity index is 1.88. The second-order valence-corrected chi connectivity index (χ2v) is 6.63. The fraction of sp³-hybridized carbons (Fsp3) is 0.529. The van der Waals surface area contributed by atoms with E-state index in [1.54, 1.807) is 36.3 Å². The highest BCUT2D eigenvalue weighted by Gasteiger charge is 2.33. The number of carbonyl (C=O) groups is 2. The third kappa shape index (κ3) is 4.87. The van der Waals surface area contributed by atoms with Crippen molar-refractivity contribution in [2.45, 2.75) is 32.8 Å². The van der Waals surface area contributed by atoms with E-state index in [2.05, 4.69) is 5.32 Å². The minimum atomic E-state index is -0.527. The van der Waals surface area contributed by atoms with Gasteiger partial charge in [-0.05, 0) is 51.5 Å². The van der Waals surface area contributed by atoms with Gasteiger partial charge in [0.25, 0.3) is 0 Å². The number of amides is 2. The van der Waals surface area contributed by atoms with Crippen LogP contribution >= 0.6 is 0 Å². The molecule has 23 heavy (non-hydrogen) atoms. The lowest BCUT2D eigenvalue weighted by atomic mass is 10.1. The zero-order valence-corrected chi connectivity index (χ0v) is 14.1. The van der Waals surface area contributed by atoms with Crippen molar-refractivity contribution in [3.05, 3.63) is 24.3 Å². The molecule has 1 unspecified atom stereocenters. The number of methoxy groups -OCH3 is 1. The van der Waals surface area contributed by atoms with Crippen LogP contribution in [0.5, 0.6) is 5.75 Å². The maximum Gasteiger partial charge on any atom is 0.410 e. The number of anilines is 1. The molecule has 1 aliphatic heterocycles. The number of likely N-dealkylation sites (tertiary alicyclic amines) is 1. The second kappa shape index (κ2) is 6.89. The Morgan fingerprint density at radius 2 is 1.87 bits per heavy atom. The summed E-state index contributed by atoms with van der Waals surface area (Å²) < 4.78 is 10.4. The van der Waals surface area contributed by atoms with Gasteiger partial charge >= 0.3 is 6.09 Å². The van der Waals surface area contributed by atoms with E-state index in [0.717, 1.165) is 5.75 Å². The summed E-state index contributed by atoms with van der Waals surface area (Å²) in [5.41, 5.74) is 0.187. The van der Waals surface area contributed by atoms with E-state index >= 15 is 0 Å². The number of hydrogen-bond acceptors (Lipinski definition) is 4. The maximum atomic E-state index is 12.3. The molecule has 2 rings (SSSR count). The van der Waals surface area contributed by atoms with Gasteiger partial charge in [-0.2, -0.15) is 0 Å². The zero-order valence-electron chi connectivity index (χ0n) is 14.1. The number of hydrogen-bond donors (Lipinski definition) is 1. The molecule has 0 spiro atoms. The van der Waals surface area contributed by atoms with Gasteiger partial charge in [0.1, 0.15) is 11.4 Å². The van der Waals surface area contributed by atoms with Crippen LogP contribution < -0.4 is 10.1 Å². The topological polar surface area (TPSA) is 67.9 Å². The molecular formula is C17H24N2O4. The van der Waals surface area contributed by atoms with Gasteiger partial charge < -0.3 is 19.7 Å². The summed E-state index contributed by atoms with van der Waals surface area (Å²) in [6.45, 7) is 6.41. The molecule has 1 aromatic rings. The number of carbonyl (C=O) groups excluding carboxylic acids is 2. The first-order valence-corrected chi connectivity index (χ1v) is 7.71. The molecule has 0 aliphatic carbocycles. The highest BCUT2D eigenvalue weighted by Crippen LogP contribution is 2.22. The lowest BCUT2D eigenvalue weighted by Crippen LogP contribution is -2.36. The van der Waals surface area contributed by atoms with Crippen LogP contribution in [0.2, 0.25) is 0 Å². The molecule has 1 fully saturated rings. The van der Waals surface area contributed by atoms with E-state index in [1.807, 2.05) is 20.8 Å². The molecule has 0 saturated carbocycles. The molecule has 126 valence electrons. The predicted octanol–water partition coefficient (Wildman–Crippen LogP) is 2.89. The van der Waals surface area contributed by atoms with Crippen molar-refractivity contribution in [3.8, 4) is 5.75 Å². The van der Waals surface area contributed by atoms with Crippen LogP contribution in [0.3, 0.4) is 0 Å². The molecular weight excluding hydrogens is 296 g/mol. The monoisotopic (exact) mass is 320 g/mol. The van der Waals surface area contributed by atoms with Crippen molar-refractivity contribution >= 4 is 17.7 Å².